The zero-order chi connectivity index (χ0) is 18.8. The zero-order valence-electron chi connectivity index (χ0n) is 15.8. The Morgan fingerprint density at radius 3 is 2.65 bits per heavy atom. The van der Waals surface area contributed by atoms with Crippen molar-refractivity contribution in [2.45, 2.75) is 45.1 Å². The molecule has 0 aromatic heterocycles. The average molecular weight is 403 g/mol. The SMILES string of the molecule is CCCCN(CCN1CCCCC1)CC(O)COc1ccc(Cl)cc1Cl. The van der Waals surface area contributed by atoms with E-state index in [4.69, 9.17) is 27.9 Å². The molecule has 2 rings (SSSR count). The average Bonchev–Trinajstić information content (AvgIpc) is 2.64. The van der Waals surface area contributed by atoms with Crippen LogP contribution in [0.25, 0.3) is 0 Å². The van der Waals surface area contributed by atoms with Crippen LogP contribution in [0.4, 0.5) is 0 Å². The number of aliphatic hydroxyl groups is 1. The Labute approximate surface area is 168 Å². The van der Waals surface area contributed by atoms with E-state index in [0.29, 0.717) is 22.3 Å². The molecule has 1 N–H and O–H groups in total. The Morgan fingerprint density at radius 1 is 1.19 bits per heavy atom. The second-order valence-corrected chi connectivity index (χ2v) is 7.94. The second-order valence-electron chi connectivity index (χ2n) is 7.10. The summed E-state index contributed by atoms with van der Waals surface area (Å²) in [7, 11) is 0. The topological polar surface area (TPSA) is 35.9 Å². The second kappa shape index (κ2) is 12.0. The highest BCUT2D eigenvalue weighted by Gasteiger charge is 2.16. The van der Waals surface area contributed by atoms with Crippen molar-refractivity contribution in [1.29, 1.82) is 0 Å². The fraction of sp³-hybridized carbons (Fsp3) is 0.700. The van der Waals surface area contributed by atoms with E-state index >= 15 is 0 Å². The van der Waals surface area contributed by atoms with Gasteiger partial charge in [0.25, 0.3) is 0 Å². The predicted octanol–water partition coefficient (Wildman–Crippen LogP) is 4.32. The van der Waals surface area contributed by atoms with Crippen LogP contribution in [0.2, 0.25) is 10.0 Å². The summed E-state index contributed by atoms with van der Waals surface area (Å²) in [5.74, 6) is 0.559. The number of ether oxygens (including phenoxy) is 1. The molecule has 0 saturated carbocycles. The largest absolute Gasteiger partial charge is 0.489 e. The lowest BCUT2D eigenvalue weighted by atomic mass is 10.1. The molecule has 4 nitrogen and oxygen atoms in total. The maximum atomic E-state index is 10.4. The molecule has 0 radical (unpaired) electrons. The molecular formula is C20H32Cl2N2O2. The standard InChI is InChI=1S/C20H32Cl2N2O2/c1-2-3-9-24(13-12-23-10-5-4-6-11-23)15-18(25)16-26-20-8-7-17(21)14-19(20)22/h7-8,14,18,25H,2-6,9-13,15-16H2,1H3. The summed E-state index contributed by atoms with van der Waals surface area (Å²) in [6, 6.07) is 5.13. The monoisotopic (exact) mass is 402 g/mol. The molecule has 0 amide bonds. The number of unbranched alkanes of at least 4 members (excludes halogenated alkanes) is 1. The van der Waals surface area contributed by atoms with Gasteiger partial charge in [0.1, 0.15) is 18.5 Å². The Hall–Kier alpha value is -0.520. The van der Waals surface area contributed by atoms with Crippen molar-refractivity contribution in [3.8, 4) is 5.75 Å². The molecule has 1 aliphatic rings. The minimum atomic E-state index is -0.542. The van der Waals surface area contributed by atoms with Gasteiger partial charge < -0.3 is 14.7 Å². The third kappa shape index (κ3) is 8.01. The number of hydrogen-bond acceptors (Lipinski definition) is 4. The Balaban J connectivity index is 1.77. The molecule has 1 saturated heterocycles. The molecule has 1 unspecified atom stereocenters. The summed E-state index contributed by atoms with van der Waals surface area (Å²) in [6.45, 7) is 8.57. The van der Waals surface area contributed by atoms with Gasteiger partial charge in [-0.15, -0.1) is 0 Å². The van der Waals surface area contributed by atoms with Gasteiger partial charge in [0.05, 0.1) is 5.02 Å². The maximum absolute atomic E-state index is 10.4. The van der Waals surface area contributed by atoms with Crippen molar-refractivity contribution in [1.82, 2.24) is 9.80 Å². The molecule has 6 heteroatoms. The van der Waals surface area contributed by atoms with Crippen molar-refractivity contribution >= 4 is 23.2 Å². The predicted molar refractivity (Wildman–Crippen MR) is 110 cm³/mol. The molecule has 0 bridgehead atoms. The van der Waals surface area contributed by atoms with Crippen molar-refractivity contribution in [2.75, 3.05) is 45.9 Å². The first-order valence-corrected chi connectivity index (χ1v) is 10.5. The van der Waals surface area contributed by atoms with Crippen LogP contribution in [-0.4, -0.2) is 66.9 Å². The number of aliphatic hydroxyl groups excluding tert-OH is 1. The van der Waals surface area contributed by atoms with Gasteiger partial charge in [-0.2, -0.15) is 0 Å². The van der Waals surface area contributed by atoms with Gasteiger partial charge in [0.2, 0.25) is 0 Å². The quantitative estimate of drug-likeness (QED) is 0.597. The van der Waals surface area contributed by atoms with Crippen LogP contribution in [0.15, 0.2) is 18.2 Å². The fourth-order valence-corrected chi connectivity index (χ4v) is 3.73. The highest BCUT2D eigenvalue weighted by Crippen LogP contribution is 2.27. The highest BCUT2D eigenvalue weighted by molar-refractivity contribution is 6.35. The normalized spacial score (nSPS) is 16.8. The Morgan fingerprint density at radius 2 is 1.96 bits per heavy atom. The van der Waals surface area contributed by atoms with Crippen molar-refractivity contribution in [3.63, 3.8) is 0 Å². The highest BCUT2D eigenvalue weighted by atomic mass is 35.5. The molecule has 1 aromatic rings. The first-order chi connectivity index (χ1) is 12.6. The Kier molecular flexibility index (Phi) is 10.1. The number of rotatable bonds is 11. The first-order valence-electron chi connectivity index (χ1n) is 9.79. The Bertz CT molecular complexity index is 525. The number of likely N-dealkylation sites (tertiary alicyclic amines) is 1. The van der Waals surface area contributed by atoms with Crippen LogP contribution in [0.3, 0.4) is 0 Å². The minimum absolute atomic E-state index is 0.230. The molecule has 0 aliphatic carbocycles. The number of halogens is 2. The van der Waals surface area contributed by atoms with Crippen molar-refractivity contribution in [2.24, 2.45) is 0 Å². The van der Waals surface area contributed by atoms with Gasteiger partial charge in [0.15, 0.2) is 0 Å². The van der Waals surface area contributed by atoms with E-state index in [1.165, 1.54) is 32.4 Å². The molecule has 1 heterocycles. The van der Waals surface area contributed by atoms with E-state index < -0.39 is 6.10 Å². The van der Waals surface area contributed by atoms with Gasteiger partial charge in [-0.25, -0.2) is 0 Å². The molecular weight excluding hydrogens is 371 g/mol. The molecule has 1 atom stereocenters. The summed E-state index contributed by atoms with van der Waals surface area (Å²) >= 11 is 12.0. The van der Waals surface area contributed by atoms with Gasteiger partial charge in [-0.05, 0) is 57.1 Å². The summed E-state index contributed by atoms with van der Waals surface area (Å²) in [6.07, 6.45) is 5.75. The van der Waals surface area contributed by atoms with E-state index in [0.717, 1.165) is 32.5 Å². The number of nitrogens with zero attached hydrogens (tertiary/aromatic N) is 2. The van der Waals surface area contributed by atoms with Crippen LogP contribution in [0.1, 0.15) is 39.0 Å². The van der Waals surface area contributed by atoms with Crippen molar-refractivity contribution < 1.29 is 9.84 Å². The van der Waals surface area contributed by atoms with Crippen LogP contribution in [-0.2, 0) is 0 Å². The van der Waals surface area contributed by atoms with E-state index in [9.17, 15) is 5.11 Å². The van der Waals surface area contributed by atoms with Gasteiger partial charge >= 0.3 is 0 Å². The lowest BCUT2D eigenvalue weighted by molar-refractivity contribution is 0.0626. The molecule has 1 aromatic carbocycles. The lowest BCUT2D eigenvalue weighted by Crippen LogP contribution is -2.42. The summed E-state index contributed by atoms with van der Waals surface area (Å²) in [4.78, 5) is 4.90. The lowest BCUT2D eigenvalue weighted by Gasteiger charge is -2.31. The summed E-state index contributed by atoms with van der Waals surface area (Å²) in [5.41, 5.74) is 0. The van der Waals surface area contributed by atoms with Crippen molar-refractivity contribution in [3.05, 3.63) is 28.2 Å². The van der Waals surface area contributed by atoms with E-state index in [-0.39, 0.29) is 6.61 Å². The smallest absolute Gasteiger partial charge is 0.138 e. The van der Waals surface area contributed by atoms with Gasteiger partial charge in [0, 0.05) is 24.7 Å². The van der Waals surface area contributed by atoms with E-state index in [1.54, 1.807) is 18.2 Å². The minimum Gasteiger partial charge on any atom is -0.489 e. The zero-order valence-corrected chi connectivity index (χ0v) is 17.3. The van der Waals surface area contributed by atoms with Gasteiger partial charge in [-0.3, -0.25) is 4.90 Å². The number of benzene rings is 1. The summed E-state index contributed by atoms with van der Waals surface area (Å²) < 4.78 is 5.68. The van der Waals surface area contributed by atoms with Crippen LogP contribution < -0.4 is 4.74 Å². The molecule has 26 heavy (non-hydrogen) atoms. The molecule has 148 valence electrons. The third-order valence-electron chi connectivity index (χ3n) is 4.80. The number of piperidine rings is 1. The molecule has 0 spiro atoms. The van der Waals surface area contributed by atoms with E-state index in [2.05, 4.69) is 16.7 Å². The number of hydrogen-bond donors (Lipinski definition) is 1. The third-order valence-corrected chi connectivity index (χ3v) is 5.33. The van der Waals surface area contributed by atoms with Crippen LogP contribution in [0, 0.1) is 0 Å². The van der Waals surface area contributed by atoms with Crippen LogP contribution in [0.5, 0.6) is 5.75 Å². The maximum Gasteiger partial charge on any atom is 0.138 e. The first kappa shape index (κ1) is 21.8. The van der Waals surface area contributed by atoms with Crippen LogP contribution >= 0.6 is 23.2 Å². The summed E-state index contributed by atoms with van der Waals surface area (Å²) in [5, 5.41) is 11.5. The fourth-order valence-electron chi connectivity index (χ4n) is 3.27. The van der Waals surface area contributed by atoms with E-state index in [1.807, 2.05) is 0 Å². The van der Waals surface area contributed by atoms with Gasteiger partial charge in [-0.1, -0.05) is 43.0 Å². The molecule has 1 aliphatic heterocycles. The molecule has 1 fully saturated rings.